The van der Waals surface area contributed by atoms with Gasteiger partial charge in [-0.15, -0.1) is 0 Å². The summed E-state index contributed by atoms with van der Waals surface area (Å²) in [5.41, 5.74) is 2.71. The predicted octanol–water partition coefficient (Wildman–Crippen LogP) is 3.10. The van der Waals surface area contributed by atoms with E-state index in [4.69, 9.17) is 9.47 Å². The van der Waals surface area contributed by atoms with Crippen molar-refractivity contribution in [2.45, 2.75) is 25.4 Å². The number of hydrogen-bond donors (Lipinski definition) is 1. The first-order valence-electron chi connectivity index (χ1n) is 9.76. The highest BCUT2D eigenvalue weighted by Crippen LogP contribution is 2.28. The number of fused-ring (bicyclic) bond motifs is 1. The molecule has 1 N–H and O–H groups in total. The first kappa shape index (κ1) is 18.5. The second-order valence-electron chi connectivity index (χ2n) is 7.06. The third-order valence-electron chi connectivity index (χ3n) is 5.09. The molecular formula is C22H25N3O3. The third-order valence-corrected chi connectivity index (χ3v) is 5.09. The highest BCUT2D eigenvalue weighted by Gasteiger charge is 2.21. The summed E-state index contributed by atoms with van der Waals surface area (Å²) in [5.74, 6) is 0.648. The van der Waals surface area contributed by atoms with Crippen molar-refractivity contribution >= 4 is 17.0 Å². The minimum absolute atomic E-state index is 0.183. The lowest BCUT2D eigenvalue weighted by atomic mass is 10.1. The zero-order valence-corrected chi connectivity index (χ0v) is 16.1. The second-order valence-corrected chi connectivity index (χ2v) is 7.06. The van der Waals surface area contributed by atoms with Gasteiger partial charge in [-0.25, -0.2) is 9.78 Å². The average Bonchev–Trinajstić information content (AvgIpc) is 3.07. The quantitative estimate of drug-likeness (QED) is 0.667. The maximum atomic E-state index is 12.6. The topological polar surface area (TPSA) is 65.4 Å². The lowest BCUT2D eigenvalue weighted by molar-refractivity contribution is 0.0491. The third kappa shape index (κ3) is 4.02. The Morgan fingerprint density at radius 3 is 2.71 bits per heavy atom. The maximum absolute atomic E-state index is 12.6. The van der Waals surface area contributed by atoms with Crippen molar-refractivity contribution in [3.63, 3.8) is 0 Å². The molecule has 6 heteroatoms. The van der Waals surface area contributed by atoms with Gasteiger partial charge in [0.05, 0.1) is 12.1 Å². The van der Waals surface area contributed by atoms with E-state index in [1.165, 1.54) is 0 Å². The van der Waals surface area contributed by atoms with Crippen LogP contribution < -0.4 is 10.1 Å². The van der Waals surface area contributed by atoms with Crippen LogP contribution in [-0.2, 0) is 18.2 Å². The van der Waals surface area contributed by atoms with Gasteiger partial charge in [-0.1, -0.05) is 36.4 Å². The number of nitrogens with one attached hydrogen (secondary N) is 1. The van der Waals surface area contributed by atoms with Gasteiger partial charge in [-0.2, -0.15) is 0 Å². The number of nitrogens with zero attached hydrogens (tertiary/aromatic N) is 2. The van der Waals surface area contributed by atoms with Crippen molar-refractivity contribution in [1.29, 1.82) is 0 Å². The molecule has 4 rings (SSSR count). The van der Waals surface area contributed by atoms with Gasteiger partial charge in [0.2, 0.25) is 5.82 Å². The monoisotopic (exact) mass is 379 g/mol. The molecular weight excluding hydrogens is 354 g/mol. The van der Waals surface area contributed by atoms with Gasteiger partial charge in [0.1, 0.15) is 17.4 Å². The van der Waals surface area contributed by atoms with Gasteiger partial charge in [0.15, 0.2) is 0 Å². The molecule has 0 bridgehead atoms. The summed E-state index contributed by atoms with van der Waals surface area (Å²) in [6.07, 6.45) is 2.81. The van der Waals surface area contributed by atoms with Gasteiger partial charge in [-0.05, 0) is 43.6 Å². The van der Waals surface area contributed by atoms with Crippen LogP contribution in [0.25, 0.3) is 11.0 Å². The van der Waals surface area contributed by atoms with Crippen molar-refractivity contribution in [3.8, 4) is 5.75 Å². The van der Waals surface area contributed by atoms with Crippen molar-refractivity contribution in [2.24, 2.45) is 7.05 Å². The molecule has 2 heterocycles. The number of piperidine rings is 1. The Morgan fingerprint density at radius 2 is 1.93 bits per heavy atom. The Bertz CT molecular complexity index is 946. The Morgan fingerprint density at radius 1 is 1.14 bits per heavy atom. The maximum Gasteiger partial charge on any atom is 0.374 e. The van der Waals surface area contributed by atoms with Crippen molar-refractivity contribution < 1.29 is 14.3 Å². The van der Waals surface area contributed by atoms with Crippen LogP contribution in [0, 0.1) is 0 Å². The fraction of sp³-hybridized carbons (Fsp3) is 0.364. The van der Waals surface area contributed by atoms with Gasteiger partial charge < -0.3 is 19.4 Å². The number of ether oxygens (including phenoxy) is 2. The molecule has 2 aromatic carbocycles. The van der Waals surface area contributed by atoms with E-state index < -0.39 is 5.97 Å². The molecule has 146 valence electrons. The van der Waals surface area contributed by atoms with Crippen LogP contribution in [0.4, 0.5) is 0 Å². The Labute approximate surface area is 164 Å². The number of rotatable bonds is 6. The molecule has 1 aliphatic heterocycles. The summed E-state index contributed by atoms with van der Waals surface area (Å²) in [4.78, 5) is 17.1. The fourth-order valence-corrected chi connectivity index (χ4v) is 3.57. The van der Waals surface area contributed by atoms with E-state index in [2.05, 4.69) is 10.3 Å². The molecule has 28 heavy (non-hydrogen) atoms. The van der Waals surface area contributed by atoms with Crippen molar-refractivity contribution in [3.05, 3.63) is 59.9 Å². The molecule has 0 saturated carbocycles. The summed E-state index contributed by atoms with van der Waals surface area (Å²) in [6, 6.07) is 15.7. The number of aryl methyl sites for hydroxylation is 1. The molecule has 0 unspecified atom stereocenters. The molecule has 0 amide bonds. The summed E-state index contributed by atoms with van der Waals surface area (Å²) in [6.45, 7) is 2.25. The Kier molecular flexibility index (Phi) is 5.58. The molecule has 0 radical (unpaired) electrons. The predicted molar refractivity (Wildman–Crippen MR) is 108 cm³/mol. The van der Waals surface area contributed by atoms with Gasteiger partial charge in [0, 0.05) is 13.5 Å². The first-order chi connectivity index (χ1) is 13.7. The zero-order chi connectivity index (χ0) is 19.3. The number of carbonyl (C=O) groups excluding carboxylic acids is 1. The van der Waals surface area contributed by atoms with E-state index in [1.54, 1.807) is 4.57 Å². The number of hydrogen-bond acceptors (Lipinski definition) is 5. The second kappa shape index (κ2) is 8.44. The van der Waals surface area contributed by atoms with Crippen LogP contribution in [0.1, 0.15) is 29.0 Å². The molecule has 1 fully saturated rings. The molecule has 0 atom stereocenters. The fourth-order valence-electron chi connectivity index (χ4n) is 3.57. The number of carbonyl (C=O) groups is 1. The van der Waals surface area contributed by atoms with E-state index >= 15 is 0 Å². The van der Waals surface area contributed by atoms with E-state index in [0.29, 0.717) is 18.9 Å². The number of aromatic nitrogens is 2. The van der Waals surface area contributed by atoms with Crippen LogP contribution in [0.2, 0.25) is 0 Å². The molecule has 3 aromatic rings. The summed E-state index contributed by atoms with van der Waals surface area (Å²) in [5, 5.41) is 3.34. The Hall–Kier alpha value is -2.86. The summed E-state index contributed by atoms with van der Waals surface area (Å²) < 4.78 is 13.5. The van der Waals surface area contributed by atoms with Crippen LogP contribution >= 0.6 is 0 Å². The van der Waals surface area contributed by atoms with E-state index in [-0.39, 0.29) is 6.10 Å². The van der Waals surface area contributed by atoms with Crippen LogP contribution in [0.3, 0.4) is 0 Å². The van der Waals surface area contributed by atoms with Gasteiger partial charge in [0.25, 0.3) is 0 Å². The molecule has 1 aromatic heterocycles. The van der Waals surface area contributed by atoms with Gasteiger partial charge in [-0.3, -0.25) is 0 Å². The van der Waals surface area contributed by atoms with E-state index in [1.807, 2.05) is 55.6 Å². The lowest BCUT2D eigenvalue weighted by Crippen LogP contribution is -2.34. The van der Waals surface area contributed by atoms with E-state index in [0.717, 1.165) is 48.3 Å². The number of para-hydroxylation sites is 1. The molecule has 1 saturated heterocycles. The molecule has 6 nitrogen and oxygen atoms in total. The average molecular weight is 379 g/mol. The lowest BCUT2D eigenvalue weighted by Gasteiger charge is -2.24. The SMILES string of the molecule is Cn1c(C(=O)OCCc2ccccc2)nc2cccc(OC3CCNCC3)c21. The van der Waals surface area contributed by atoms with Crippen molar-refractivity contribution in [1.82, 2.24) is 14.9 Å². The molecule has 0 aliphatic carbocycles. The summed E-state index contributed by atoms with van der Waals surface area (Å²) in [7, 11) is 1.83. The van der Waals surface area contributed by atoms with Crippen LogP contribution in [-0.4, -0.2) is 41.3 Å². The first-order valence-corrected chi connectivity index (χ1v) is 9.76. The zero-order valence-electron chi connectivity index (χ0n) is 16.1. The Balaban J connectivity index is 1.48. The van der Waals surface area contributed by atoms with E-state index in [9.17, 15) is 4.79 Å². The normalized spacial score (nSPS) is 14.9. The number of imidazole rings is 1. The summed E-state index contributed by atoms with van der Waals surface area (Å²) >= 11 is 0. The largest absolute Gasteiger partial charge is 0.488 e. The van der Waals surface area contributed by atoms with Crippen LogP contribution in [0.5, 0.6) is 5.75 Å². The van der Waals surface area contributed by atoms with Gasteiger partial charge >= 0.3 is 5.97 Å². The number of esters is 1. The van der Waals surface area contributed by atoms with Crippen LogP contribution in [0.15, 0.2) is 48.5 Å². The smallest absolute Gasteiger partial charge is 0.374 e. The standard InChI is InChI=1S/C22H25N3O3/c1-25-20-18(8-5-9-19(20)28-17-10-13-23-14-11-17)24-21(25)22(26)27-15-12-16-6-3-2-4-7-16/h2-9,17,23H,10-15H2,1H3. The minimum Gasteiger partial charge on any atom is -0.488 e. The highest BCUT2D eigenvalue weighted by atomic mass is 16.5. The van der Waals surface area contributed by atoms with Crippen molar-refractivity contribution in [2.75, 3.05) is 19.7 Å². The molecule has 0 spiro atoms. The number of benzene rings is 2. The minimum atomic E-state index is -0.414. The highest BCUT2D eigenvalue weighted by molar-refractivity contribution is 5.93. The molecule has 1 aliphatic rings.